The zero-order chi connectivity index (χ0) is 22.0. The Morgan fingerprint density at radius 1 is 1.16 bits per heavy atom. The second-order valence-corrected chi connectivity index (χ2v) is 8.75. The molecular weight excluding hydrogens is 459 g/mol. The van der Waals surface area contributed by atoms with E-state index in [0.29, 0.717) is 32.7 Å². The van der Waals surface area contributed by atoms with Gasteiger partial charge in [0.1, 0.15) is 0 Å². The number of hydrogen-bond donors (Lipinski definition) is 2. The van der Waals surface area contributed by atoms with Crippen molar-refractivity contribution in [3.63, 3.8) is 0 Å². The summed E-state index contributed by atoms with van der Waals surface area (Å²) in [5.74, 6) is -0.696. The molecule has 0 aliphatic carbocycles. The number of aromatic nitrogens is 1. The Labute approximate surface area is 192 Å². The summed E-state index contributed by atoms with van der Waals surface area (Å²) in [5.41, 5.74) is 1.84. The highest BCUT2D eigenvalue weighted by molar-refractivity contribution is 7.15. The van der Waals surface area contributed by atoms with E-state index in [4.69, 9.17) is 23.2 Å². The highest BCUT2D eigenvalue weighted by atomic mass is 35.5. The number of nitrogens with one attached hydrogen (secondary N) is 2. The Morgan fingerprint density at radius 2 is 1.97 bits per heavy atom. The van der Waals surface area contributed by atoms with Crippen LogP contribution in [0.5, 0.6) is 0 Å². The van der Waals surface area contributed by atoms with Gasteiger partial charge in [-0.05, 0) is 29.3 Å². The molecule has 0 saturated carbocycles. The Balaban J connectivity index is 1.47. The van der Waals surface area contributed by atoms with Gasteiger partial charge in [-0.25, -0.2) is 9.78 Å². The number of anilines is 1. The number of rotatable bonds is 6. The lowest BCUT2D eigenvalue weighted by Gasteiger charge is -2.15. The fourth-order valence-corrected chi connectivity index (χ4v) is 4.44. The van der Waals surface area contributed by atoms with Crippen molar-refractivity contribution in [2.24, 2.45) is 0 Å². The minimum atomic E-state index is -0.467. The average molecular weight is 475 g/mol. The largest absolute Gasteiger partial charge is 0.329 e. The van der Waals surface area contributed by atoms with Crippen LogP contribution in [0, 0.1) is 0 Å². The molecule has 0 atom stereocenters. The second-order valence-electron chi connectivity index (χ2n) is 6.79. The van der Waals surface area contributed by atoms with Crippen LogP contribution in [-0.2, 0) is 17.8 Å². The number of urea groups is 1. The maximum atomic E-state index is 12.8. The van der Waals surface area contributed by atoms with Crippen molar-refractivity contribution < 1.29 is 14.4 Å². The molecule has 1 aliphatic rings. The van der Waals surface area contributed by atoms with E-state index in [9.17, 15) is 14.4 Å². The van der Waals surface area contributed by atoms with Gasteiger partial charge in [0.25, 0.3) is 5.91 Å². The van der Waals surface area contributed by atoms with Crippen molar-refractivity contribution in [2.45, 2.75) is 13.0 Å². The van der Waals surface area contributed by atoms with Gasteiger partial charge < -0.3 is 5.32 Å². The normalized spacial score (nSPS) is 13.4. The number of imide groups is 1. The van der Waals surface area contributed by atoms with Crippen LogP contribution in [0.3, 0.4) is 0 Å². The number of nitrogens with zero attached hydrogens (tertiary/aromatic N) is 2. The van der Waals surface area contributed by atoms with Gasteiger partial charge in [0, 0.05) is 33.1 Å². The third-order valence-corrected chi connectivity index (χ3v) is 6.18. The first-order valence-corrected chi connectivity index (χ1v) is 10.8. The zero-order valence-electron chi connectivity index (χ0n) is 16.0. The van der Waals surface area contributed by atoms with Gasteiger partial charge in [0.05, 0.1) is 13.1 Å². The first kappa shape index (κ1) is 21.3. The molecule has 0 unspecified atom stereocenters. The first-order valence-electron chi connectivity index (χ1n) is 9.27. The molecule has 1 aromatic heterocycles. The van der Waals surface area contributed by atoms with Crippen molar-refractivity contribution in [1.82, 2.24) is 15.2 Å². The molecule has 4 rings (SSSR count). The van der Waals surface area contributed by atoms with Gasteiger partial charge in [0.2, 0.25) is 5.91 Å². The van der Waals surface area contributed by atoms with Crippen LogP contribution >= 0.6 is 34.5 Å². The molecule has 0 spiro atoms. The third kappa shape index (κ3) is 4.87. The molecule has 31 heavy (non-hydrogen) atoms. The quantitative estimate of drug-likeness (QED) is 0.519. The van der Waals surface area contributed by atoms with E-state index >= 15 is 0 Å². The molecular formula is C21H16Cl2N4O3S. The minimum Gasteiger partial charge on any atom is -0.329 e. The van der Waals surface area contributed by atoms with E-state index in [1.54, 1.807) is 42.6 Å². The molecule has 1 fully saturated rings. The highest BCUT2D eigenvalue weighted by Crippen LogP contribution is 2.27. The van der Waals surface area contributed by atoms with Gasteiger partial charge in [-0.15, -0.1) is 11.3 Å². The maximum Gasteiger partial charge on any atom is 0.324 e. The van der Waals surface area contributed by atoms with Crippen LogP contribution in [0.4, 0.5) is 9.93 Å². The zero-order valence-corrected chi connectivity index (χ0v) is 18.4. The van der Waals surface area contributed by atoms with E-state index in [0.717, 1.165) is 15.3 Å². The number of halogens is 2. The molecule has 0 radical (unpaired) electrons. The maximum absolute atomic E-state index is 12.8. The molecule has 10 heteroatoms. The molecule has 2 N–H and O–H groups in total. The van der Waals surface area contributed by atoms with Gasteiger partial charge >= 0.3 is 6.03 Å². The van der Waals surface area contributed by atoms with Crippen molar-refractivity contribution in [2.75, 3.05) is 11.9 Å². The topological polar surface area (TPSA) is 91.4 Å². The molecule has 7 nitrogen and oxygen atoms in total. The summed E-state index contributed by atoms with van der Waals surface area (Å²) in [7, 11) is 0. The second kappa shape index (κ2) is 9.05. The monoisotopic (exact) mass is 474 g/mol. The third-order valence-electron chi connectivity index (χ3n) is 4.68. The SMILES string of the molecule is O=C(Nc1ncc(Cc2ccc(Cl)cc2Cl)s1)c1ccccc1CN1C(=O)CNC1=O. The number of carbonyl (C=O) groups excluding carboxylic acids is 3. The lowest BCUT2D eigenvalue weighted by molar-refractivity contribution is -0.125. The van der Waals surface area contributed by atoms with Gasteiger partial charge in [-0.1, -0.05) is 47.5 Å². The minimum absolute atomic E-state index is 0.0203. The van der Waals surface area contributed by atoms with Crippen molar-refractivity contribution in [3.05, 3.63) is 80.3 Å². The van der Waals surface area contributed by atoms with Crippen molar-refractivity contribution in [3.8, 4) is 0 Å². The molecule has 1 saturated heterocycles. The predicted octanol–water partition coefficient (Wildman–Crippen LogP) is 4.34. The van der Waals surface area contributed by atoms with E-state index in [-0.39, 0.29) is 24.9 Å². The molecule has 3 aromatic rings. The lowest BCUT2D eigenvalue weighted by atomic mass is 10.1. The summed E-state index contributed by atoms with van der Waals surface area (Å²) in [6.45, 7) is -0.0147. The number of thiazole rings is 1. The Bertz CT molecular complexity index is 1160. The summed E-state index contributed by atoms with van der Waals surface area (Å²) < 4.78 is 0. The number of benzene rings is 2. The van der Waals surface area contributed by atoms with Crippen LogP contribution in [0.2, 0.25) is 10.0 Å². The highest BCUT2D eigenvalue weighted by Gasteiger charge is 2.29. The summed E-state index contributed by atoms with van der Waals surface area (Å²) in [4.78, 5) is 42.8. The van der Waals surface area contributed by atoms with E-state index in [2.05, 4.69) is 15.6 Å². The lowest BCUT2D eigenvalue weighted by Crippen LogP contribution is -2.31. The van der Waals surface area contributed by atoms with Gasteiger partial charge in [-0.2, -0.15) is 0 Å². The van der Waals surface area contributed by atoms with E-state index in [1.807, 2.05) is 6.07 Å². The summed E-state index contributed by atoms with van der Waals surface area (Å²) in [5, 5.41) is 6.83. The number of carbonyl (C=O) groups is 3. The summed E-state index contributed by atoms with van der Waals surface area (Å²) >= 11 is 13.5. The van der Waals surface area contributed by atoms with Crippen LogP contribution < -0.4 is 10.6 Å². The van der Waals surface area contributed by atoms with Crippen LogP contribution in [0.1, 0.15) is 26.4 Å². The van der Waals surface area contributed by atoms with E-state index in [1.165, 1.54) is 11.3 Å². The fraction of sp³-hybridized carbons (Fsp3) is 0.143. The number of amides is 4. The first-order chi connectivity index (χ1) is 14.9. The van der Waals surface area contributed by atoms with Gasteiger partial charge in [-0.3, -0.25) is 19.8 Å². The Hall–Kier alpha value is -2.94. The molecule has 2 aromatic carbocycles. The van der Waals surface area contributed by atoms with E-state index < -0.39 is 6.03 Å². The van der Waals surface area contributed by atoms with Crippen LogP contribution in [0.15, 0.2) is 48.7 Å². The van der Waals surface area contributed by atoms with Gasteiger partial charge in [0.15, 0.2) is 5.13 Å². The summed E-state index contributed by atoms with van der Waals surface area (Å²) in [6.07, 6.45) is 2.25. The fourth-order valence-electron chi connectivity index (χ4n) is 3.13. The summed E-state index contributed by atoms with van der Waals surface area (Å²) in [6, 6.07) is 11.7. The van der Waals surface area contributed by atoms with Crippen molar-refractivity contribution in [1.29, 1.82) is 0 Å². The molecule has 1 aliphatic heterocycles. The molecule has 2 heterocycles. The predicted molar refractivity (Wildman–Crippen MR) is 120 cm³/mol. The smallest absolute Gasteiger partial charge is 0.324 e. The van der Waals surface area contributed by atoms with Crippen LogP contribution in [0.25, 0.3) is 0 Å². The Morgan fingerprint density at radius 3 is 2.71 bits per heavy atom. The molecule has 158 valence electrons. The standard InChI is InChI=1S/C21H16Cl2N4O3S/c22-14-6-5-12(17(23)8-14)7-15-9-24-20(31-15)26-19(29)16-4-2-1-3-13(16)11-27-18(28)10-25-21(27)30/h1-6,8-9H,7,10-11H2,(H,25,30)(H,24,26,29). The average Bonchev–Trinajstić information content (AvgIpc) is 3.31. The van der Waals surface area contributed by atoms with Crippen molar-refractivity contribution >= 4 is 57.5 Å². The molecule has 4 amide bonds. The number of hydrogen-bond acceptors (Lipinski definition) is 5. The van der Waals surface area contributed by atoms with Crippen LogP contribution in [-0.4, -0.2) is 34.3 Å². The Kier molecular flexibility index (Phi) is 6.22. The molecule has 0 bridgehead atoms.